The summed E-state index contributed by atoms with van der Waals surface area (Å²) in [5, 5.41) is 3.31. The predicted molar refractivity (Wildman–Crippen MR) is 83.5 cm³/mol. The number of rotatable bonds is 12. The molecule has 0 rings (SSSR count). The van der Waals surface area contributed by atoms with Crippen LogP contribution in [0.5, 0.6) is 0 Å². The van der Waals surface area contributed by atoms with E-state index in [0.717, 1.165) is 19.6 Å². The van der Waals surface area contributed by atoms with Gasteiger partial charge in [-0.05, 0) is 27.2 Å². The lowest BCUT2D eigenvalue weighted by molar-refractivity contribution is -0.148. The summed E-state index contributed by atoms with van der Waals surface area (Å²) in [5.41, 5.74) is -0.679. The highest BCUT2D eigenvalue weighted by Crippen LogP contribution is 2.14. The number of ether oxygens (including phenoxy) is 3. The van der Waals surface area contributed by atoms with Gasteiger partial charge in [0, 0.05) is 39.9 Å². The SMILES string of the molecule is COCCN(CCOC)CCC(C)(NC(C)C)C(=O)OC. The van der Waals surface area contributed by atoms with Crippen LogP contribution in [0, 0.1) is 0 Å². The number of nitrogens with zero attached hydrogens (tertiary/aromatic N) is 1. The quantitative estimate of drug-likeness (QED) is 0.541. The van der Waals surface area contributed by atoms with Crippen LogP contribution in [-0.4, -0.2) is 76.6 Å². The third-order valence-corrected chi connectivity index (χ3v) is 3.39. The number of hydrogen-bond acceptors (Lipinski definition) is 6. The maximum Gasteiger partial charge on any atom is 0.325 e. The molecular weight excluding hydrogens is 272 g/mol. The smallest absolute Gasteiger partial charge is 0.325 e. The number of nitrogens with one attached hydrogen (secondary N) is 1. The average molecular weight is 304 g/mol. The van der Waals surface area contributed by atoms with Gasteiger partial charge >= 0.3 is 5.97 Å². The Hall–Kier alpha value is -0.690. The molecule has 1 unspecified atom stereocenters. The van der Waals surface area contributed by atoms with Crippen LogP contribution in [0.1, 0.15) is 27.2 Å². The van der Waals surface area contributed by atoms with Crippen LogP contribution in [0.15, 0.2) is 0 Å². The van der Waals surface area contributed by atoms with Gasteiger partial charge in [-0.3, -0.25) is 15.0 Å². The van der Waals surface area contributed by atoms with Crippen molar-refractivity contribution in [2.45, 2.75) is 38.8 Å². The fraction of sp³-hybridized carbons (Fsp3) is 0.933. The van der Waals surface area contributed by atoms with Crippen molar-refractivity contribution >= 4 is 5.97 Å². The van der Waals surface area contributed by atoms with Gasteiger partial charge in [0.2, 0.25) is 0 Å². The molecule has 21 heavy (non-hydrogen) atoms. The van der Waals surface area contributed by atoms with Gasteiger partial charge < -0.3 is 14.2 Å². The Bertz CT molecular complexity index is 279. The summed E-state index contributed by atoms with van der Waals surface area (Å²) in [6.07, 6.45) is 0.672. The lowest BCUT2D eigenvalue weighted by atomic mass is 9.96. The summed E-state index contributed by atoms with van der Waals surface area (Å²) in [6.45, 7) is 9.68. The molecule has 0 bridgehead atoms. The van der Waals surface area contributed by atoms with Crippen molar-refractivity contribution in [3.05, 3.63) is 0 Å². The van der Waals surface area contributed by atoms with Crippen LogP contribution in [0.3, 0.4) is 0 Å². The Morgan fingerprint density at radius 2 is 1.62 bits per heavy atom. The summed E-state index contributed by atoms with van der Waals surface area (Å²) in [7, 11) is 4.80. The molecule has 0 aliphatic rings. The first kappa shape index (κ1) is 20.3. The molecule has 1 N–H and O–H groups in total. The highest BCUT2D eigenvalue weighted by atomic mass is 16.5. The summed E-state index contributed by atoms with van der Waals surface area (Å²) in [5.74, 6) is -0.227. The van der Waals surface area contributed by atoms with E-state index in [-0.39, 0.29) is 12.0 Å². The number of methoxy groups -OCH3 is 3. The van der Waals surface area contributed by atoms with Crippen molar-refractivity contribution in [1.29, 1.82) is 0 Å². The molecule has 1 atom stereocenters. The Kier molecular flexibility index (Phi) is 10.6. The average Bonchev–Trinajstić information content (AvgIpc) is 2.44. The van der Waals surface area contributed by atoms with E-state index >= 15 is 0 Å². The minimum atomic E-state index is -0.679. The zero-order valence-corrected chi connectivity index (χ0v) is 14.4. The minimum Gasteiger partial charge on any atom is -0.468 e. The standard InChI is InChI=1S/C15H32N2O4/c1-13(2)16-15(3,14(18)21-6)7-8-17(9-11-19-4)10-12-20-5/h13,16H,7-12H2,1-6H3. The van der Waals surface area contributed by atoms with Crippen LogP contribution in [0.25, 0.3) is 0 Å². The lowest BCUT2D eigenvalue weighted by Crippen LogP contribution is -2.54. The van der Waals surface area contributed by atoms with Crippen molar-refractivity contribution in [3.63, 3.8) is 0 Å². The van der Waals surface area contributed by atoms with Crippen LogP contribution in [-0.2, 0) is 19.0 Å². The lowest BCUT2D eigenvalue weighted by Gasteiger charge is -2.32. The summed E-state index contributed by atoms with van der Waals surface area (Å²) in [4.78, 5) is 14.3. The Morgan fingerprint density at radius 3 is 2.00 bits per heavy atom. The highest BCUT2D eigenvalue weighted by Gasteiger charge is 2.34. The van der Waals surface area contributed by atoms with Gasteiger partial charge in [-0.15, -0.1) is 0 Å². The first-order valence-corrected chi connectivity index (χ1v) is 7.46. The van der Waals surface area contributed by atoms with Gasteiger partial charge in [0.25, 0.3) is 0 Å². The van der Waals surface area contributed by atoms with E-state index in [1.54, 1.807) is 14.2 Å². The number of carbonyl (C=O) groups is 1. The Labute approximate surface area is 129 Å². The molecule has 0 saturated heterocycles. The largest absolute Gasteiger partial charge is 0.468 e. The van der Waals surface area contributed by atoms with Crippen molar-refractivity contribution < 1.29 is 19.0 Å². The molecule has 0 amide bonds. The Morgan fingerprint density at radius 1 is 1.10 bits per heavy atom. The number of carbonyl (C=O) groups excluding carboxylic acids is 1. The van der Waals surface area contributed by atoms with Gasteiger partial charge in [-0.1, -0.05) is 0 Å². The van der Waals surface area contributed by atoms with Gasteiger partial charge in [0.05, 0.1) is 20.3 Å². The second-order valence-corrected chi connectivity index (χ2v) is 5.70. The molecule has 126 valence electrons. The third-order valence-electron chi connectivity index (χ3n) is 3.39. The van der Waals surface area contributed by atoms with Crippen LogP contribution >= 0.6 is 0 Å². The molecule has 0 aromatic heterocycles. The number of hydrogen-bond donors (Lipinski definition) is 1. The predicted octanol–water partition coefficient (Wildman–Crippen LogP) is 0.901. The second-order valence-electron chi connectivity index (χ2n) is 5.70. The van der Waals surface area contributed by atoms with E-state index in [1.165, 1.54) is 7.11 Å². The van der Waals surface area contributed by atoms with Crippen LogP contribution in [0.4, 0.5) is 0 Å². The molecule has 0 saturated carbocycles. The first-order chi connectivity index (χ1) is 9.89. The van der Waals surface area contributed by atoms with Crippen molar-refractivity contribution in [1.82, 2.24) is 10.2 Å². The molecular formula is C15H32N2O4. The molecule has 0 heterocycles. The zero-order chi connectivity index (χ0) is 16.3. The van der Waals surface area contributed by atoms with Crippen molar-refractivity contribution in [3.8, 4) is 0 Å². The third kappa shape index (κ3) is 8.36. The maximum atomic E-state index is 12.1. The van der Waals surface area contributed by atoms with E-state index < -0.39 is 5.54 Å². The molecule has 0 aromatic carbocycles. The number of esters is 1. The molecule has 0 aromatic rings. The Balaban J connectivity index is 4.61. The van der Waals surface area contributed by atoms with E-state index in [1.807, 2.05) is 20.8 Å². The molecule has 0 aliphatic carbocycles. The molecule has 6 nitrogen and oxygen atoms in total. The summed E-state index contributed by atoms with van der Waals surface area (Å²) in [6, 6.07) is 0.209. The molecule has 0 radical (unpaired) electrons. The van der Waals surface area contributed by atoms with E-state index in [9.17, 15) is 4.79 Å². The first-order valence-electron chi connectivity index (χ1n) is 7.46. The van der Waals surface area contributed by atoms with Crippen LogP contribution in [0.2, 0.25) is 0 Å². The topological polar surface area (TPSA) is 60.0 Å². The van der Waals surface area contributed by atoms with Crippen LogP contribution < -0.4 is 5.32 Å². The van der Waals surface area contributed by atoms with Gasteiger partial charge in [-0.2, -0.15) is 0 Å². The van der Waals surface area contributed by atoms with Crippen molar-refractivity contribution in [2.24, 2.45) is 0 Å². The van der Waals surface area contributed by atoms with Gasteiger partial charge in [0.15, 0.2) is 0 Å². The summed E-state index contributed by atoms with van der Waals surface area (Å²) >= 11 is 0. The molecule has 0 aliphatic heterocycles. The van der Waals surface area contributed by atoms with Crippen molar-refractivity contribution in [2.75, 3.05) is 54.2 Å². The fourth-order valence-electron chi connectivity index (χ4n) is 2.25. The highest BCUT2D eigenvalue weighted by molar-refractivity contribution is 5.80. The van der Waals surface area contributed by atoms with Gasteiger partial charge in [-0.25, -0.2) is 0 Å². The monoisotopic (exact) mass is 304 g/mol. The molecule has 0 fully saturated rings. The molecule has 6 heteroatoms. The molecule has 0 spiro atoms. The van der Waals surface area contributed by atoms with E-state index in [4.69, 9.17) is 14.2 Å². The van der Waals surface area contributed by atoms with E-state index in [0.29, 0.717) is 19.6 Å². The second kappa shape index (κ2) is 11.0. The summed E-state index contributed by atoms with van der Waals surface area (Å²) < 4.78 is 15.2. The fourth-order valence-corrected chi connectivity index (χ4v) is 2.25. The maximum absolute atomic E-state index is 12.1. The van der Waals surface area contributed by atoms with E-state index in [2.05, 4.69) is 10.2 Å². The van der Waals surface area contributed by atoms with Gasteiger partial charge in [0.1, 0.15) is 5.54 Å². The normalized spacial score (nSPS) is 14.5. The zero-order valence-electron chi connectivity index (χ0n) is 14.4. The minimum absolute atomic E-state index is 0.209.